The number of nitrogens with zero attached hydrogens (tertiary/aromatic N) is 1. The van der Waals surface area contributed by atoms with Gasteiger partial charge in [0.25, 0.3) is 5.56 Å². The molecular formula is C19H19NO2. The minimum absolute atomic E-state index is 0.0173. The van der Waals surface area contributed by atoms with Crippen LogP contribution in [0.5, 0.6) is 5.75 Å². The van der Waals surface area contributed by atoms with E-state index in [4.69, 9.17) is 4.74 Å². The quantitative estimate of drug-likeness (QED) is 0.734. The lowest BCUT2D eigenvalue weighted by Gasteiger charge is -2.12. The van der Waals surface area contributed by atoms with Gasteiger partial charge in [0, 0.05) is 11.5 Å². The van der Waals surface area contributed by atoms with Gasteiger partial charge in [-0.25, -0.2) is 0 Å². The molecule has 3 heteroatoms. The van der Waals surface area contributed by atoms with E-state index in [1.165, 1.54) is 5.56 Å². The van der Waals surface area contributed by atoms with Crippen LogP contribution in [0, 0.1) is 13.8 Å². The van der Waals surface area contributed by atoms with Crippen molar-refractivity contribution in [1.29, 1.82) is 0 Å². The molecule has 1 heterocycles. The number of fused-ring (bicyclic) bond motifs is 1. The summed E-state index contributed by atoms with van der Waals surface area (Å²) in [6.45, 7) is 5.02. The Labute approximate surface area is 129 Å². The molecule has 0 saturated carbocycles. The Balaban J connectivity index is 1.82. The average Bonchev–Trinajstić information content (AvgIpc) is 2.52. The van der Waals surface area contributed by atoms with E-state index in [1.54, 1.807) is 10.6 Å². The van der Waals surface area contributed by atoms with E-state index in [-0.39, 0.29) is 5.56 Å². The molecule has 0 atom stereocenters. The lowest BCUT2D eigenvalue weighted by molar-refractivity contribution is 0.298. The lowest BCUT2D eigenvalue weighted by Crippen LogP contribution is -2.23. The highest BCUT2D eigenvalue weighted by Gasteiger charge is 2.05. The van der Waals surface area contributed by atoms with Crippen LogP contribution in [0.15, 0.2) is 59.4 Å². The fourth-order valence-corrected chi connectivity index (χ4v) is 2.62. The first-order valence-corrected chi connectivity index (χ1v) is 7.44. The van der Waals surface area contributed by atoms with Crippen molar-refractivity contribution in [1.82, 2.24) is 4.57 Å². The molecule has 0 bridgehead atoms. The van der Waals surface area contributed by atoms with Gasteiger partial charge in [-0.1, -0.05) is 35.9 Å². The number of hydrogen-bond acceptors (Lipinski definition) is 2. The van der Waals surface area contributed by atoms with Crippen LogP contribution in [-0.4, -0.2) is 11.2 Å². The minimum Gasteiger partial charge on any atom is -0.492 e. The maximum absolute atomic E-state index is 12.2. The molecule has 3 nitrogen and oxygen atoms in total. The van der Waals surface area contributed by atoms with Gasteiger partial charge in [0.05, 0.1) is 12.1 Å². The van der Waals surface area contributed by atoms with E-state index < -0.39 is 0 Å². The highest BCUT2D eigenvalue weighted by molar-refractivity contribution is 5.82. The van der Waals surface area contributed by atoms with Crippen LogP contribution in [-0.2, 0) is 6.54 Å². The van der Waals surface area contributed by atoms with Crippen molar-refractivity contribution < 1.29 is 4.74 Å². The monoisotopic (exact) mass is 293 g/mol. The Kier molecular flexibility index (Phi) is 3.96. The van der Waals surface area contributed by atoms with Crippen LogP contribution >= 0.6 is 0 Å². The second-order valence-corrected chi connectivity index (χ2v) is 5.50. The predicted octanol–water partition coefficient (Wildman–Crippen LogP) is 3.70. The third-order valence-corrected chi connectivity index (χ3v) is 3.83. The van der Waals surface area contributed by atoms with Gasteiger partial charge < -0.3 is 9.30 Å². The van der Waals surface area contributed by atoms with Gasteiger partial charge in [-0.15, -0.1) is 0 Å². The molecule has 0 saturated heterocycles. The number of aryl methyl sites for hydroxylation is 2. The Hall–Kier alpha value is -2.55. The van der Waals surface area contributed by atoms with Crippen molar-refractivity contribution in [3.05, 3.63) is 76.1 Å². The second-order valence-electron chi connectivity index (χ2n) is 5.50. The van der Waals surface area contributed by atoms with Crippen LogP contribution in [0.1, 0.15) is 11.1 Å². The summed E-state index contributed by atoms with van der Waals surface area (Å²) in [6.07, 6.45) is 0. The van der Waals surface area contributed by atoms with E-state index >= 15 is 0 Å². The summed E-state index contributed by atoms with van der Waals surface area (Å²) < 4.78 is 7.51. The van der Waals surface area contributed by atoms with Crippen molar-refractivity contribution in [3.8, 4) is 5.75 Å². The summed E-state index contributed by atoms with van der Waals surface area (Å²) in [5.74, 6) is 0.829. The zero-order valence-corrected chi connectivity index (χ0v) is 12.9. The molecule has 3 rings (SSSR count). The fraction of sp³-hybridized carbons (Fsp3) is 0.211. The van der Waals surface area contributed by atoms with Gasteiger partial charge in [0.1, 0.15) is 12.4 Å². The zero-order chi connectivity index (χ0) is 15.5. The number of ether oxygens (including phenoxy) is 1. The van der Waals surface area contributed by atoms with Crippen molar-refractivity contribution in [2.24, 2.45) is 0 Å². The first-order valence-electron chi connectivity index (χ1n) is 7.44. The molecule has 1 aromatic heterocycles. The van der Waals surface area contributed by atoms with Crippen molar-refractivity contribution in [3.63, 3.8) is 0 Å². The van der Waals surface area contributed by atoms with E-state index in [0.29, 0.717) is 13.2 Å². The van der Waals surface area contributed by atoms with Crippen molar-refractivity contribution in [2.45, 2.75) is 20.4 Å². The summed E-state index contributed by atoms with van der Waals surface area (Å²) in [6, 6.07) is 17.6. The summed E-state index contributed by atoms with van der Waals surface area (Å²) in [5, 5.41) is 1.11. The van der Waals surface area contributed by atoms with Gasteiger partial charge in [-0.2, -0.15) is 0 Å². The number of hydrogen-bond donors (Lipinski definition) is 0. The van der Waals surface area contributed by atoms with E-state index in [0.717, 1.165) is 22.2 Å². The van der Waals surface area contributed by atoms with Crippen molar-refractivity contribution >= 4 is 10.9 Å². The number of pyridine rings is 1. The summed E-state index contributed by atoms with van der Waals surface area (Å²) >= 11 is 0. The largest absolute Gasteiger partial charge is 0.492 e. The van der Waals surface area contributed by atoms with Gasteiger partial charge >= 0.3 is 0 Å². The molecule has 3 aromatic rings. The molecule has 2 aromatic carbocycles. The first kappa shape index (κ1) is 14.4. The standard InChI is InChI=1S/C19H19NO2/c1-14-7-9-16(10-8-14)22-12-11-20-18-6-4-3-5-17(18)15(2)13-19(20)21/h3-10,13H,11-12H2,1-2H3. The number of benzene rings is 2. The molecule has 0 spiro atoms. The fourth-order valence-electron chi connectivity index (χ4n) is 2.62. The molecular weight excluding hydrogens is 274 g/mol. The second kappa shape index (κ2) is 6.06. The van der Waals surface area contributed by atoms with E-state index in [1.807, 2.05) is 62.4 Å². The van der Waals surface area contributed by atoms with Gasteiger partial charge in [-0.05, 0) is 37.6 Å². The Morgan fingerprint density at radius 1 is 1.00 bits per heavy atom. The summed E-state index contributed by atoms with van der Waals surface area (Å²) in [7, 11) is 0. The maximum atomic E-state index is 12.2. The van der Waals surface area contributed by atoms with Crippen LogP contribution in [0.2, 0.25) is 0 Å². The van der Waals surface area contributed by atoms with Gasteiger partial charge in [-0.3, -0.25) is 4.79 Å². The Morgan fingerprint density at radius 3 is 2.50 bits per heavy atom. The Morgan fingerprint density at radius 2 is 1.73 bits per heavy atom. The van der Waals surface area contributed by atoms with Gasteiger partial charge in [0.15, 0.2) is 0 Å². The third kappa shape index (κ3) is 2.89. The molecule has 0 fully saturated rings. The number of para-hydroxylation sites is 1. The van der Waals surface area contributed by atoms with Crippen LogP contribution in [0.25, 0.3) is 10.9 Å². The van der Waals surface area contributed by atoms with Gasteiger partial charge in [0.2, 0.25) is 0 Å². The highest BCUT2D eigenvalue weighted by atomic mass is 16.5. The highest BCUT2D eigenvalue weighted by Crippen LogP contribution is 2.16. The van der Waals surface area contributed by atoms with Crippen LogP contribution in [0.3, 0.4) is 0 Å². The normalized spacial score (nSPS) is 10.8. The number of rotatable bonds is 4. The SMILES string of the molecule is Cc1ccc(OCCn2c(=O)cc(C)c3ccccc32)cc1. The predicted molar refractivity (Wildman–Crippen MR) is 89.6 cm³/mol. The molecule has 0 aliphatic heterocycles. The minimum atomic E-state index is 0.0173. The third-order valence-electron chi connectivity index (χ3n) is 3.83. The zero-order valence-electron chi connectivity index (χ0n) is 12.9. The van der Waals surface area contributed by atoms with E-state index in [2.05, 4.69) is 0 Å². The lowest BCUT2D eigenvalue weighted by atomic mass is 10.1. The van der Waals surface area contributed by atoms with Crippen molar-refractivity contribution in [2.75, 3.05) is 6.61 Å². The smallest absolute Gasteiger partial charge is 0.251 e. The summed E-state index contributed by atoms with van der Waals surface area (Å²) in [5.41, 5.74) is 3.19. The van der Waals surface area contributed by atoms with Crippen LogP contribution in [0.4, 0.5) is 0 Å². The molecule has 22 heavy (non-hydrogen) atoms. The van der Waals surface area contributed by atoms with E-state index in [9.17, 15) is 4.79 Å². The molecule has 0 N–H and O–H groups in total. The molecule has 0 aliphatic carbocycles. The number of aromatic nitrogens is 1. The van der Waals surface area contributed by atoms with Crippen LogP contribution < -0.4 is 10.3 Å². The molecule has 0 unspecified atom stereocenters. The topological polar surface area (TPSA) is 31.2 Å². The summed E-state index contributed by atoms with van der Waals surface area (Å²) in [4.78, 5) is 12.2. The molecule has 112 valence electrons. The molecule has 0 radical (unpaired) electrons. The maximum Gasteiger partial charge on any atom is 0.251 e. The Bertz CT molecular complexity index is 847. The first-order chi connectivity index (χ1) is 10.6. The average molecular weight is 293 g/mol. The molecule has 0 amide bonds. The molecule has 0 aliphatic rings.